The molecular weight excluding hydrogens is 320 g/mol. The summed E-state index contributed by atoms with van der Waals surface area (Å²) in [6, 6.07) is 0.316. The van der Waals surface area contributed by atoms with Gasteiger partial charge in [0.1, 0.15) is 11.9 Å². The van der Waals surface area contributed by atoms with Crippen LogP contribution >= 0.6 is 0 Å². The van der Waals surface area contributed by atoms with E-state index in [1.807, 2.05) is 4.57 Å². The highest BCUT2D eigenvalue weighted by Crippen LogP contribution is 2.36. The number of hydrogen-bond donors (Lipinski definition) is 1. The van der Waals surface area contributed by atoms with Crippen LogP contribution in [0.2, 0.25) is 0 Å². The molecule has 3 aliphatic rings. The van der Waals surface area contributed by atoms with Gasteiger partial charge in [-0.1, -0.05) is 19.8 Å². The molecule has 2 unspecified atom stereocenters. The lowest BCUT2D eigenvalue weighted by Crippen LogP contribution is -2.24. The summed E-state index contributed by atoms with van der Waals surface area (Å²) < 4.78 is 7.86. The van der Waals surface area contributed by atoms with Gasteiger partial charge in [0, 0.05) is 18.9 Å². The van der Waals surface area contributed by atoms with Gasteiger partial charge in [0.2, 0.25) is 0 Å². The van der Waals surface area contributed by atoms with E-state index in [4.69, 9.17) is 9.73 Å². The Morgan fingerprint density at radius 2 is 2.04 bits per heavy atom. The van der Waals surface area contributed by atoms with Crippen molar-refractivity contribution in [2.75, 3.05) is 0 Å². The number of rotatable bonds is 5. The van der Waals surface area contributed by atoms with E-state index in [-0.39, 0.29) is 17.8 Å². The number of aliphatic hydroxyl groups is 1. The number of aromatic nitrogens is 2. The van der Waals surface area contributed by atoms with E-state index in [9.17, 15) is 9.90 Å². The van der Waals surface area contributed by atoms with E-state index in [1.54, 1.807) is 0 Å². The van der Waals surface area contributed by atoms with Gasteiger partial charge in [-0.25, -0.2) is 10.3 Å². The van der Waals surface area contributed by atoms with Gasteiger partial charge in [-0.2, -0.15) is 4.98 Å². The van der Waals surface area contributed by atoms with Gasteiger partial charge in [-0.3, -0.25) is 9.36 Å². The van der Waals surface area contributed by atoms with Crippen LogP contribution in [0.5, 0.6) is 6.01 Å². The molecule has 1 aliphatic heterocycles. The Labute approximate surface area is 147 Å². The Balaban J connectivity index is 1.67. The normalized spacial score (nSPS) is 25.8. The second-order valence-electron chi connectivity index (χ2n) is 7.29. The summed E-state index contributed by atoms with van der Waals surface area (Å²) in [5.74, 6) is 1.73. The molecular formula is C18H25N4O3. The highest BCUT2D eigenvalue weighted by Gasteiger charge is 2.32. The van der Waals surface area contributed by atoms with Gasteiger partial charge in [0.15, 0.2) is 11.5 Å². The van der Waals surface area contributed by atoms with Gasteiger partial charge in [-0.15, -0.1) is 0 Å². The quantitative estimate of drug-likeness (QED) is 0.887. The molecule has 0 amide bonds. The first-order valence-corrected chi connectivity index (χ1v) is 9.45. The largest absolute Gasteiger partial charge is 0.461 e. The molecule has 2 atom stereocenters. The average molecular weight is 345 g/mol. The monoisotopic (exact) mass is 345 g/mol. The molecule has 2 heterocycles. The zero-order valence-electron chi connectivity index (χ0n) is 14.6. The van der Waals surface area contributed by atoms with Crippen LogP contribution in [-0.4, -0.2) is 32.7 Å². The second-order valence-corrected chi connectivity index (χ2v) is 7.29. The van der Waals surface area contributed by atoms with Crippen LogP contribution in [0.25, 0.3) is 0 Å². The highest BCUT2D eigenvalue weighted by molar-refractivity contribution is 5.96. The topological polar surface area (TPSA) is 90.8 Å². The summed E-state index contributed by atoms with van der Waals surface area (Å²) in [7, 11) is 0. The smallest absolute Gasteiger partial charge is 0.304 e. The van der Waals surface area contributed by atoms with Crippen LogP contribution in [0.4, 0.5) is 11.5 Å². The maximum absolute atomic E-state index is 12.5. The molecule has 4 rings (SSSR count). The standard InChI is InChI=1S/C18H25N4O3/c1-2-9-22-16-14(19-15(20-16)11-5-3-4-6-11)17(24)21-18(22)25-13-8-7-12(23)10-13/h11-13,23H,2-10H2,1H3. The number of hydrogen-bond acceptors (Lipinski definition) is 5. The van der Waals surface area contributed by atoms with Crippen LogP contribution in [0, 0.1) is 5.92 Å². The third-order valence-electron chi connectivity index (χ3n) is 5.34. The van der Waals surface area contributed by atoms with Crippen LogP contribution in [0.3, 0.4) is 0 Å². The van der Waals surface area contributed by atoms with Crippen LogP contribution in [-0.2, 0) is 6.54 Å². The lowest BCUT2D eigenvalue weighted by Gasteiger charge is -2.18. The van der Waals surface area contributed by atoms with Crippen molar-refractivity contribution in [1.29, 1.82) is 0 Å². The lowest BCUT2D eigenvalue weighted by atomic mass is 10.1. The molecule has 2 saturated carbocycles. The first kappa shape index (κ1) is 16.6. The molecule has 1 radical (unpaired) electrons. The Hall–Kier alpha value is -1.89. The summed E-state index contributed by atoms with van der Waals surface area (Å²) in [5.41, 5.74) is -0.0122. The van der Waals surface area contributed by atoms with Crippen molar-refractivity contribution >= 4 is 17.3 Å². The van der Waals surface area contributed by atoms with Crippen LogP contribution in [0.1, 0.15) is 58.3 Å². The number of ether oxygens (including phenoxy) is 1. The zero-order chi connectivity index (χ0) is 17.4. The first-order chi connectivity index (χ1) is 12.2. The fraction of sp³-hybridized carbons (Fsp3) is 0.722. The Bertz CT molecular complexity index is 737. The minimum atomic E-state index is -0.368. The van der Waals surface area contributed by atoms with Crippen molar-refractivity contribution in [3.63, 3.8) is 0 Å². The van der Waals surface area contributed by atoms with E-state index in [2.05, 4.69) is 17.2 Å². The van der Waals surface area contributed by atoms with E-state index >= 15 is 0 Å². The van der Waals surface area contributed by atoms with Crippen molar-refractivity contribution in [2.24, 2.45) is 10.9 Å². The lowest BCUT2D eigenvalue weighted by molar-refractivity contribution is 0.139. The molecule has 0 aromatic carbocycles. The number of amidine groups is 1. The summed E-state index contributed by atoms with van der Waals surface area (Å²) in [4.78, 5) is 21.3. The maximum Gasteiger partial charge on any atom is 0.304 e. The number of nitrogens with zero attached hydrogens (tertiary/aromatic N) is 4. The molecule has 7 nitrogen and oxygen atoms in total. The van der Waals surface area contributed by atoms with Crippen molar-refractivity contribution < 1.29 is 9.84 Å². The van der Waals surface area contributed by atoms with E-state index in [0.29, 0.717) is 36.4 Å². The molecule has 135 valence electrons. The van der Waals surface area contributed by atoms with Crippen molar-refractivity contribution in [3.8, 4) is 6.01 Å². The molecule has 2 fully saturated rings. The summed E-state index contributed by atoms with van der Waals surface area (Å²) in [6.07, 6.45) is 7.14. The Morgan fingerprint density at radius 1 is 1.24 bits per heavy atom. The molecule has 0 spiro atoms. The molecule has 2 aliphatic carbocycles. The number of aliphatic hydroxyl groups excluding tert-OH is 1. The SMILES string of the molecule is CCCn1c(OC2CCC(O)C2)nc(=O)c2c1N=C(C1CCCC1)[N]2. The van der Waals surface area contributed by atoms with Crippen molar-refractivity contribution in [3.05, 3.63) is 10.4 Å². The second kappa shape index (κ2) is 6.78. The Kier molecular flexibility index (Phi) is 4.50. The third kappa shape index (κ3) is 3.17. The van der Waals surface area contributed by atoms with Gasteiger partial charge >= 0.3 is 11.6 Å². The van der Waals surface area contributed by atoms with Crippen molar-refractivity contribution in [2.45, 2.75) is 77.0 Å². The zero-order valence-corrected chi connectivity index (χ0v) is 14.6. The highest BCUT2D eigenvalue weighted by atomic mass is 16.5. The first-order valence-electron chi connectivity index (χ1n) is 9.45. The molecule has 1 N–H and O–H groups in total. The fourth-order valence-corrected chi connectivity index (χ4v) is 4.03. The molecule has 0 saturated heterocycles. The maximum atomic E-state index is 12.5. The van der Waals surface area contributed by atoms with Gasteiger partial charge in [0.05, 0.1) is 6.10 Å². The van der Waals surface area contributed by atoms with Gasteiger partial charge in [0.25, 0.3) is 0 Å². The van der Waals surface area contributed by atoms with E-state index in [1.165, 1.54) is 12.8 Å². The third-order valence-corrected chi connectivity index (χ3v) is 5.34. The van der Waals surface area contributed by atoms with E-state index in [0.717, 1.165) is 37.9 Å². The average Bonchev–Trinajstić information content (AvgIpc) is 3.31. The minimum absolute atomic E-state index is 0.0975. The van der Waals surface area contributed by atoms with E-state index < -0.39 is 0 Å². The predicted molar refractivity (Wildman–Crippen MR) is 93.9 cm³/mol. The minimum Gasteiger partial charge on any atom is -0.461 e. The van der Waals surface area contributed by atoms with Crippen LogP contribution in [0.15, 0.2) is 9.79 Å². The molecule has 0 bridgehead atoms. The van der Waals surface area contributed by atoms with Gasteiger partial charge < -0.3 is 9.84 Å². The molecule has 1 aromatic rings. The summed E-state index contributed by atoms with van der Waals surface area (Å²) in [5, 5.41) is 14.2. The fourth-order valence-electron chi connectivity index (χ4n) is 4.03. The van der Waals surface area contributed by atoms with Gasteiger partial charge in [-0.05, 0) is 32.1 Å². The number of aliphatic imine (C=N–C) groups is 1. The van der Waals surface area contributed by atoms with Crippen LogP contribution < -0.4 is 15.6 Å². The summed E-state index contributed by atoms with van der Waals surface area (Å²) >= 11 is 0. The van der Waals surface area contributed by atoms with Crippen molar-refractivity contribution in [1.82, 2.24) is 14.9 Å². The predicted octanol–water partition coefficient (Wildman–Crippen LogP) is 2.42. The molecule has 25 heavy (non-hydrogen) atoms. The molecule has 1 aromatic heterocycles. The molecule has 7 heteroatoms. The number of fused-ring (bicyclic) bond motifs is 1. The summed E-state index contributed by atoms with van der Waals surface area (Å²) in [6.45, 7) is 2.75. The Morgan fingerprint density at radius 3 is 2.72 bits per heavy atom.